The van der Waals surface area contributed by atoms with Crippen molar-refractivity contribution in [3.05, 3.63) is 60.7 Å². The molecule has 0 bridgehead atoms. The molecule has 0 aliphatic carbocycles. The lowest BCUT2D eigenvalue weighted by atomic mass is 10.0. The molecule has 2 aromatic carbocycles. The number of rotatable bonds is 30. The molecule has 11 rings (SSSR count). The maximum atomic E-state index is 5.15. The van der Waals surface area contributed by atoms with Crippen molar-refractivity contribution in [1.29, 1.82) is 0 Å². The topological polar surface area (TPSA) is 58.0 Å². The third-order valence-electron chi connectivity index (χ3n) is 17.1. The monoisotopic (exact) mass is 1220 g/mol. The number of hydrogen-bond donors (Lipinski definition) is 0. The molecule has 0 spiro atoms. The summed E-state index contributed by atoms with van der Waals surface area (Å²) in [7, 11) is -2.32. The van der Waals surface area contributed by atoms with Crippen LogP contribution in [0.15, 0.2) is 60.7 Å². The standard InChI is InChI=1S/C64H80N6S8Si/c1-9-17-23-41(15-7)39-79(40-42(16-8)24-18-10-2)55-35-49(45-27-25-43(59-61(45)67-77-65-59)47-33-51-53(71-47)37-57(73-51)69(29-19-11-3)30-20-12-4)75-63(55)64-56(79)36-50(76-64)46-28-26-44(60-62(46)68-78-66-60)48-34-52-54(72-48)38-58(74-52)70(31-21-13-5)32-22-14-6/h25-28,33-38,41-42H,9-24,29-32,39-40H2,1-8H3. The van der Waals surface area contributed by atoms with E-state index in [1.165, 1.54) is 219 Å². The molecule has 1 aliphatic heterocycles. The number of hydrogen-bond acceptors (Lipinski definition) is 14. The number of aromatic nitrogens is 4. The van der Waals surface area contributed by atoms with E-state index in [0.717, 1.165) is 48.2 Å². The SMILES string of the molecule is CCCCC(CC)C[Si]1(CC(CC)CCCC)c2cc(-c3ccc(-c4cc5sc(N(CCCC)CCCC)cc5s4)c4nsnc34)sc2-c2sc(-c3ccc(-c4cc5sc(N(CCCC)CCCC)cc5s4)c4nsnc34)cc21. The maximum absolute atomic E-state index is 5.15. The third-order valence-corrected chi connectivity index (χ3v) is 31.2. The smallest absolute Gasteiger partial charge is 0.122 e. The van der Waals surface area contributed by atoms with E-state index in [-0.39, 0.29) is 0 Å². The van der Waals surface area contributed by atoms with Crippen molar-refractivity contribution in [3.63, 3.8) is 0 Å². The second-order valence-corrected chi connectivity index (χ2v) is 34.0. The van der Waals surface area contributed by atoms with Gasteiger partial charge in [0.2, 0.25) is 0 Å². The van der Waals surface area contributed by atoms with Gasteiger partial charge in [-0.1, -0.05) is 157 Å². The van der Waals surface area contributed by atoms with Crippen LogP contribution in [0.25, 0.3) is 92.4 Å². The van der Waals surface area contributed by atoms with E-state index in [1.54, 1.807) is 10.4 Å². The van der Waals surface area contributed by atoms with Crippen molar-refractivity contribution in [2.45, 2.75) is 170 Å². The molecule has 9 heterocycles. The van der Waals surface area contributed by atoms with Crippen LogP contribution >= 0.6 is 91.5 Å². The average molecular weight is 1220 g/mol. The van der Waals surface area contributed by atoms with Gasteiger partial charge in [0.15, 0.2) is 0 Å². The van der Waals surface area contributed by atoms with Gasteiger partial charge in [0.25, 0.3) is 0 Å². The number of thiophene rings is 6. The van der Waals surface area contributed by atoms with Gasteiger partial charge >= 0.3 is 0 Å². The second-order valence-electron chi connectivity index (χ2n) is 22.5. The van der Waals surface area contributed by atoms with Crippen molar-refractivity contribution < 1.29 is 0 Å². The van der Waals surface area contributed by atoms with Crippen molar-refractivity contribution in [2.24, 2.45) is 11.8 Å². The van der Waals surface area contributed by atoms with E-state index in [1.807, 2.05) is 68.0 Å². The highest BCUT2D eigenvalue weighted by molar-refractivity contribution is 7.33. The molecule has 15 heteroatoms. The Morgan fingerprint density at radius 1 is 0.392 bits per heavy atom. The molecule has 0 amide bonds. The summed E-state index contributed by atoms with van der Waals surface area (Å²) < 4.78 is 26.0. The van der Waals surface area contributed by atoms with Crippen LogP contribution in [-0.2, 0) is 0 Å². The molecule has 8 aromatic heterocycles. The van der Waals surface area contributed by atoms with Crippen molar-refractivity contribution in [1.82, 2.24) is 17.5 Å². The van der Waals surface area contributed by atoms with Crippen molar-refractivity contribution in [3.8, 4) is 51.5 Å². The largest absolute Gasteiger partial charge is 0.363 e. The number of unbranched alkanes of at least 4 members (excludes halogenated alkanes) is 6. The highest BCUT2D eigenvalue weighted by atomic mass is 32.1. The Hall–Kier alpha value is -3.38. The fourth-order valence-electron chi connectivity index (χ4n) is 12.4. The summed E-state index contributed by atoms with van der Waals surface area (Å²) in [5.74, 6) is 1.42. The van der Waals surface area contributed by atoms with E-state index < -0.39 is 8.07 Å². The first-order valence-corrected chi connectivity index (χ1v) is 38.9. The van der Waals surface area contributed by atoms with Crippen LogP contribution in [0.5, 0.6) is 0 Å². The van der Waals surface area contributed by atoms with E-state index in [2.05, 4.69) is 126 Å². The number of nitrogens with zero attached hydrogens (tertiary/aromatic N) is 6. The molecule has 79 heavy (non-hydrogen) atoms. The highest BCUT2D eigenvalue weighted by Gasteiger charge is 2.50. The van der Waals surface area contributed by atoms with Gasteiger partial charge < -0.3 is 9.80 Å². The van der Waals surface area contributed by atoms with Crippen molar-refractivity contribution in [2.75, 3.05) is 36.0 Å². The molecule has 0 fully saturated rings. The zero-order chi connectivity index (χ0) is 54.6. The zero-order valence-electron chi connectivity index (χ0n) is 47.9. The minimum atomic E-state index is -2.32. The molecule has 0 N–H and O–H groups in total. The van der Waals surface area contributed by atoms with Crippen LogP contribution in [0, 0.1) is 11.8 Å². The molecular formula is C64H80N6S8Si. The molecule has 0 saturated heterocycles. The predicted molar refractivity (Wildman–Crippen MR) is 363 cm³/mol. The summed E-state index contributed by atoms with van der Waals surface area (Å²) in [6, 6.07) is 27.4. The molecule has 2 atom stereocenters. The Balaban J connectivity index is 0.986. The minimum absolute atomic E-state index is 0.711. The molecule has 0 radical (unpaired) electrons. The lowest BCUT2D eigenvalue weighted by Gasteiger charge is -2.35. The van der Waals surface area contributed by atoms with E-state index in [0.29, 0.717) is 11.8 Å². The quantitative estimate of drug-likeness (QED) is 0.0418. The number of benzene rings is 2. The Morgan fingerprint density at radius 2 is 0.722 bits per heavy atom. The highest BCUT2D eigenvalue weighted by Crippen LogP contribution is 2.52. The summed E-state index contributed by atoms with van der Waals surface area (Å²) in [6.07, 6.45) is 20.1. The summed E-state index contributed by atoms with van der Waals surface area (Å²) in [4.78, 5) is 13.6. The molecular weight excluding hydrogens is 1140 g/mol. The predicted octanol–water partition coefficient (Wildman–Crippen LogP) is 21.8. The van der Waals surface area contributed by atoms with Crippen LogP contribution in [0.1, 0.15) is 158 Å². The molecule has 2 unspecified atom stereocenters. The zero-order valence-corrected chi connectivity index (χ0v) is 55.5. The summed E-state index contributed by atoms with van der Waals surface area (Å²) in [5.41, 5.74) is 9.12. The van der Waals surface area contributed by atoms with Gasteiger partial charge in [-0.3, -0.25) is 0 Å². The average Bonchev–Trinajstić information content (AvgIpc) is 4.51. The number of anilines is 2. The van der Waals surface area contributed by atoms with E-state index in [9.17, 15) is 0 Å². The van der Waals surface area contributed by atoms with Gasteiger partial charge in [0, 0.05) is 96.5 Å². The van der Waals surface area contributed by atoms with Gasteiger partial charge in [-0.05, 0) is 96.4 Å². The van der Waals surface area contributed by atoms with E-state index >= 15 is 0 Å². The first kappa shape index (κ1) is 57.4. The molecule has 1 aliphatic rings. The Bertz CT molecular complexity index is 3300. The summed E-state index contributed by atoms with van der Waals surface area (Å²) in [6.45, 7) is 23.5. The normalized spacial score (nSPS) is 13.9. The first-order valence-electron chi connectivity index (χ1n) is 30.1. The third kappa shape index (κ3) is 11.5. The van der Waals surface area contributed by atoms with Gasteiger partial charge in [-0.15, -0.1) is 68.0 Å². The fraction of sp³-hybridized carbons (Fsp3) is 0.500. The number of fused-ring (bicyclic) bond motifs is 7. The molecule has 418 valence electrons. The lowest BCUT2D eigenvalue weighted by Crippen LogP contribution is -2.56. The van der Waals surface area contributed by atoms with E-state index in [4.69, 9.17) is 17.5 Å². The second kappa shape index (κ2) is 26.0. The van der Waals surface area contributed by atoms with Gasteiger partial charge in [0.05, 0.1) is 33.5 Å². The van der Waals surface area contributed by atoms with Gasteiger partial charge in [0.1, 0.15) is 30.1 Å². The Kier molecular flexibility index (Phi) is 18.9. The molecule has 0 saturated carbocycles. The van der Waals surface area contributed by atoms with Gasteiger partial charge in [-0.25, -0.2) is 0 Å². The molecule has 6 nitrogen and oxygen atoms in total. The van der Waals surface area contributed by atoms with Crippen LogP contribution in [-0.4, -0.2) is 51.7 Å². The van der Waals surface area contributed by atoms with Crippen LogP contribution in [0.3, 0.4) is 0 Å². The summed E-state index contributed by atoms with van der Waals surface area (Å²) >= 11 is 14.6. The maximum Gasteiger partial charge on any atom is 0.122 e. The Labute approximate surface area is 504 Å². The minimum Gasteiger partial charge on any atom is -0.363 e. The molecule has 10 aromatic rings. The Morgan fingerprint density at radius 3 is 1.04 bits per heavy atom. The van der Waals surface area contributed by atoms with Crippen molar-refractivity contribution >= 4 is 161 Å². The van der Waals surface area contributed by atoms with Crippen LogP contribution in [0.2, 0.25) is 12.1 Å². The first-order chi connectivity index (χ1) is 38.8. The fourth-order valence-corrected chi connectivity index (χ4v) is 29.0. The van der Waals surface area contributed by atoms with Gasteiger partial charge in [-0.2, -0.15) is 17.5 Å². The summed E-state index contributed by atoms with van der Waals surface area (Å²) in [5, 5.41) is 6.26. The lowest BCUT2D eigenvalue weighted by molar-refractivity contribution is 0.469. The van der Waals surface area contributed by atoms with Crippen LogP contribution < -0.4 is 20.2 Å². The van der Waals surface area contributed by atoms with Crippen LogP contribution in [0.4, 0.5) is 10.0 Å².